The highest BCUT2D eigenvalue weighted by Gasteiger charge is 2.33. The van der Waals surface area contributed by atoms with Gasteiger partial charge in [-0.2, -0.15) is 0 Å². The Balaban J connectivity index is 1.87. The van der Waals surface area contributed by atoms with Gasteiger partial charge in [-0.15, -0.1) is 13.2 Å². The van der Waals surface area contributed by atoms with Crippen LogP contribution in [0.5, 0.6) is 11.5 Å². The van der Waals surface area contributed by atoms with Crippen LogP contribution in [0.2, 0.25) is 0 Å². The van der Waals surface area contributed by atoms with Crippen LogP contribution in [0.25, 0.3) is 22.6 Å². The number of fused-ring (bicyclic) bond motifs is 1. The molecule has 1 aromatic carbocycles. The van der Waals surface area contributed by atoms with Gasteiger partial charge in [0.25, 0.3) is 0 Å². The molecular weight excluding hydrogens is 439 g/mol. The first kappa shape index (κ1) is 23.1. The Bertz CT molecular complexity index is 1140. The average Bonchev–Trinajstić information content (AvgIpc) is 2.95. The zero-order chi connectivity index (χ0) is 23.8. The zero-order valence-corrected chi connectivity index (χ0v) is 18.4. The molecule has 1 aliphatic rings. The fraction of sp³-hybridized carbons (Fsp3) is 0.391. The topological polar surface area (TPSA) is 78.6 Å². The molecule has 1 aliphatic heterocycles. The quantitative estimate of drug-likeness (QED) is 0.615. The van der Waals surface area contributed by atoms with E-state index in [0.29, 0.717) is 31.0 Å². The molecule has 3 aromatic rings. The number of pyridine rings is 1. The van der Waals surface area contributed by atoms with E-state index in [0.717, 1.165) is 28.3 Å². The molecule has 7 nitrogen and oxygen atoms in total. The minimum atomic E-state index is -4.84. The van der Waals surface area contributed by atoms with Gasteiger partial charge in [0.15, 0.2) is 11.5 Å². The van der Waals surface area contributed by atoms with Crippen LogP contribution in [0, 0.1) is 13.8 Å². The van der Waals surface area contributed by atoms with E-state index < -0.39 is 18.2 Å². The molecule has 0 bridgehead atoms. The molecule has 2 aromatic heterocycles. The molecule has 0 radical (unpaired) electrons. The van der Waals surface area contributed by atoms with Gasteiger partial charge in [-0.1, -0.05) is 0 Å². The van der Waals surface area contributed by atoms with Gasteiger partial charge in [0.05, 0.1) is 38.7 Å². The summed E-state index contributed by atoms with van der Waals surface area (Å²) in [5.74, 6) is 0.0319. The third-order valence-corrected chi connectivity index (χ3v) is 5.36. The number of benzene rings is 1. The van der Waals surface area contributed by atoms with Crippen molar-refractivity contribution in [3.63, 3.8) is 0 Å². The van der Waals surface area contributed by atoms with Gasteiger partial charge in [0.2, 0.25) is 0 Å². The van der Waals surface area contributed by atoms with Crippen LogP contribution in [0.15, 0.2) is 30.3 Å². The predicted molar refractivity (Wildman–Crippen MR) is 114 cm³/mol. The maximum absolute atomic E-state index is 12.8. The van der Waals surface area contributed by atoms with Crippen molar-refractivity contribution in [1.29, 1.82) is 0 Å². The molecule has 1 unspecified atom stereocenters. The summed E-state index contributed by atoms with van der Waals surface area (Å²) in [4.78, 5) is 9.31. The number of aliphatic hydroxyl groups excluding tert-OH is 1. The Morgan fingerprint density at radius 3 is 2.45 bits per heavy atom. The molecule has 33 heavy (non-hydrogen) atoms. The van der Waals surface area contributed by atoms with E-state index in [2.05, 4.69) is 9.72 Å². The number of aryl methyl sites for hydroxylation is 2. The summed E-state index contributed by atoms with van der Waals surface area (Å²) in [6.45, 7) is 4.40. The highest BCUT2D eigenvalue weighted by atomic mass is 19.4. The third-order valence-electron chi connectivity index (χ3n) is 5.36. The van der Waals surface area contributed by atoms with Gasteiger partial charge in [-0.3, -0.25) is 4.98 Å². The molecule has 0 saturated heterocycles. The van der Waals surface area contributed by atoms with Gasteiger partial charge in [0.1, 0.15) is 5.82 Å². The maximum atomic E-state index is 12.8. The minimum Gasteiger partial charge on any atom is -0.493 e. The second-order valence-electron chi connectivity index (χ2n) is 7.82. The zero-order valence-electron chi connectivity index (χ0n) is 18.4. The molecule has 1 N–H and O–H groups in total. The van der Waals surface area contributed by atoms with E-state index in [1.54, 1.807) is 0 Å². The van der Waals surface area contributed by atoms with Gasteiger partial charge in [0, 0.05) is 34.6 Å². The number of rotatable bonds is 5. The maximum Gasteiger partial charge on any atom is 0.573 e. The molecule has 0 fully saturated rings. The number of halogens is 3. The lowest BCUT2D eigenvalue weighted by atomic mass is 10.1. The molecular formula is C23H24F3N3O4. The number of hydrogen-bond acceptors (Lipinski definition) is 6. The summed E-state index contributed by atoms with van der Waals surface area (Å²) >= 11 is 0. The number of methoxy groups -OCH3 is 1. The van der Waals surface area contributed by atoms with Crippen molar-refractivity contribution >= 4 is 0 Å². The van der Waals surface area contributed by atoms with E-state index in [-0.39, 0.29) is 12.4 Å². The number of imidazole rings is 1. The Hall–Kier alpha value is -3.11. The lowest BCUT2D eigenvalue weighted by molar-refractivity contribution is -0.275. The van der Waals surface area contributed by atoms with Crippen LogP contribution < -0.4 is 9.47 Å². The summed E-state index contributed by atoms with van der Waals surface area (Å²) in [5, 5.41) is 9.72. The standard InChI is InChI=1S/C23H24F3N3O4/c1-13-8-16(9-14(2)27-13)21-18-6-7-32-17(12-30)11-29(18)22(28-21)15-4-5-19(20(10-15)31-3)33-23(24,25)26/h4-5,8-10,17,30H,6-7,11-12H2,1-3H3. The van der Waals surface area contributed by atoms with Crippen LogP contribution in [-0.4, -0.2) is 52.4 Å². The summed E-state index contributed by atoms with van der Waals surface area (Å²) in [6, 6.07) is 8.06. The van der Waals surface area contributed by atoms with Crippen molar-refractivity contribution in [1.82, 2.24) is 14.5 Å². The first-order chi connectivity index (χ1) is 15.7. The second-order valence-corrected chi connectivity index (χ2v) is 7.82. The van der Waals surface area contributed by atoms with E-state index in [1.165, 1.54) is 25.3 Å². The first-order valence-corrected chi connectivity index (χ1v) is 10.4. The second kappa shape index (κ2) is 9.03. The van der Waals surface area contributed by atoms with E-state index in [9.17, 15) is 18.3 Å². The number of ether oxygens (including phenoxy) is 3. The molecule has 3 heterocycles. The lowest BCUT2D eigenvalue weighted by Crippen LogP contribution is -2.22. The summed E-state index contributed by atoms with van der Waals surface area (Å²) in [6.07, 6.45) is -4.71. The third kappa shape index (κ3) is 4.96. The van der Waals surface area contributed by atoms with Crippen LogP contribution in [0.4, 0.5) is 13.2 Å². The van der Waals surface area contributed by atoms with Crippen molar-refractivity contribution < 1.29 is 32.5 Å². The van der Waals surface area contributed by atoms with Crippen molar-refractivity contribution in [2.45, 2.75) is 39.3 Å². The molecule has 176 valence electrons. The van der Waals surface area contributed by atoms with Crippen LogP contribution in [0.1, 0.15) is 17.1 Å². The molecule has 0 saturated carbocycles. The normalized spacial score (nSPS) is 16.3. The number of hydrogen-bond donors (Lipinski definition) is 1. The molecule has 0 spiro atoms. The fourth-order valence-electron chi connectivity index (χ4n) is 4.06. The monoisotopic (exact) mass is 463 g/mol. The molecule has 0 amide bonds. The van der Waals surface area contributed by atoms with Crippen LogP contribution in [0.3, 0.4) is 0 Å². The van der Waals surface area contributed by atoms with Crippen molar-refractivity contribution in [3.8, 4) is 34.1 Å². The molecule has 4 rings (SSSR count). The van der Waals surface area contributed by atoms with Gasteiger partial charge < -0.3 is 23.9 Å². The molecule has 10 heteroatoms. The molecule has 0 aliphatic carbocycles. The number of aliphatic hydroxyl groups is 1. The summed E-state index contributed by atoms with van der Waals surface area (Å²) in [5.41, 5.74) is 4.80. The Morgan fingerprint density at radius 1 is 1.09 bits per heavy atom. The fourth-order valence-corrected chi connectivity index (χ4v) is 4.06. The van der Waals surface area contributed by atoms with Gasteiger partial charge >= 0.3 is 6.36 Å². The van der Waals surface area contributed by atoms with Crippen LogP contribution in [-0.2, 0) is 17.7 Å². The van der Waals surface area contributed by atoms with Crippen LogP contribution >= 0.6 is 0 Å². The lowest BCUT2D eigenvalue weighted by Gasteiger charge is -2.16. The highest BCUT2D eigenvalue weighted by molar-refractivity contribution is 5.70. The summed E-state index contributed by atoms with van der Waals surface area (Å²) in [7, 11) is 1.28. The summed E-state index contributed by atoms with van der Waals surface area (Å²) < 4.78 is 55.2. The van der Waals surface area contributed by atoms with E-state index >= 15 is 0 Å². The Morgan fingerprint density at radius 2 is 1.82 bits per heavy atom. The number of alkyl halides is 3. The van der Waals surface area contributed by atoms with E-state index in [4.69, 9.17) is 14.5 Å². The average molecular weight is 463 g/mol. The van der Waals surface area contributed by atoms with Crippen molar-refractivity contribution in [3.05, 3.63) is 47.4 Å². The SMILES string of the molecule is COc1cc(-c2nc(-c3cc(C)nc(C)c3)c3n2CC(CO)OCC3)ccc1OC(F)(F)F. The van der Waals surface area contributed by atoms with Gasteiger partial charge in [-0.25, -0.2) is 4.98 Å². The molecule has 1 atom stereocenters. The van der Waals surface area contributed by atoms with Crippen molar-refractivity contribution in [2.24, 2.45) is 0 Å². The minimum absolute atomic E-state index is 0.0668. The first-order valence-electron chi connectivity index (χ1n) is 10.4. The number of aromatic nitrogens is 3. The smallest absolute Gasteiger partial charge is 0.493 e. The predicted octanol–water partition coefficient (Wildman–Crippen LogP) is 4.07. The largest absolute Gasteiger partial charge is 0.573 e. The Kier molecular flexibility index (Phi) is 6.31. The number of nitrogens with zero attached hydrogens (tertiary/aromatic N) is 3. The van der Waals surface area contributed by atoms with Crippen molar-refractivity contribution in [2.75, 3.05) is 20.3 Å². The Labute approximate surface area is 188 Å². The van der Waals surface area contributed by atoms with Gasteiger partial charge in [-0.05, 0) is 44.2 Å². The highest BCUT2D eigenvalue weighted by Crippen LogP contribution is 2.38. The van der Waals surface area contributed by atoms with E-state index in [1.807, 2.05) is 30.5 Å².